The van der Waals surface area contributed by atoms with Crippen LogP contribution in [0.2, 0.25) is 0 Å². The summed E-state index contributed by atoms with van der Waals surface area (Å²) in [4.78, 5) is 15.4. The van der Waals surface area contributed by atoms with Crippen LogP contribution in [0.15, 0.2) is 215 Å². The summed E-state index contributed by atoms with van der Waals surface area (Å²) in [6.07, 6.45) is 0. The first-order valence-corrected chi connectivity index (χ1v) is 21.1. The molecule has 0 spiro atoms. The van der Waals surface area contributed by atoms with Crippen LogP contribution >= 0.6 is 0 Å². The first-order valence-electron chi connectivity index (χ1n) is 21.1. The van der Waals surface area contributed by atoms with Gasteiger partial charge in [-0.1, -0.05) is 140 Å². The second-order valence-corrected chi connectivity index (χ2v) is 16.0. The first-order chi connectivity index (χ1) is 31.2. The SMILES string of the molecule is c1ccc(-c2cccc(-c3ccc4oc5cc(-c6nc(-c7ccccc7)nc(-c7cccc8oc9cc(-n%10c%11ccccc%11c%11ccccc%11%10)ccc9c78)n6)ccc5c4c3)c2)cc1. The maximum absolute atomic E-state index is 6.65. The maximum Gasteiger partial charge on any atom is 0.164 e. The highest BCUT2D eigenvalue weighted by molar-refractivity contribution is 6.13. The van der Waals surface area contributed by atoms with E-state index in [0.717, 1.165) is 88.4 Å². The minimum absolute atomic E-state index is 0.554. The quantitative estimate of drug-likeness (QED) is 0.167. The van der Waals surface area contributed by atoms with Crippen LogP contribution in [0, 0.1) is 0 Å². The molecule has 4 heterocycles. The molecule has 6 nitrogen and oxygen atoms in total. The maximum atomic E-state index is 6.65. The Morgan fingerprint density at radius 3 is 1.65 bits per heavy atom. The third-order valence-electron chi connectivity index (χ3n) is 12.3. The van der Waals surface area contributed by atoms with Crippen LogP contribution in [0.4, 0.5) is 0 Å². The van der Waals surface area contributed by atoms with Gasteiger partial charge in [0.1, 0.15) is 22.3 Å². The van der Waals surface area contributed by atoms with Crippen LogP contribution in [-0.4, -0.2) is 19.5 Å². The lowest BCUT2D eigenvalue weighted by Gasteiger charge is -2.09. The van der Waals surface area contributed by atoms with E-state index < -0.39 is 0 Å². The van der Waals surface area contributed by atoms with Crippen LogP contribution in [0.5, 0.6) is 0 Å². The Morgan fingerprint density at radius 1 is 0.302 bits per heavy atom. The lowest BCUT2D eigenvalue weighted by Crippen LogP contribution is -2.00. The summed E-state index contributed by atoms with van der Waals surface area (Å²) in [6.45, 7) is 0. The van der Waals surface area contributed by atoms with Gasteiger partial charge in [-0.2, -0.15) is 0 Å². The highest BCUT2D eigenvalue weighted by atomic mass is 16.3. The average Bonchev–Trinajstić information content (AvgIpc) is 4.03. The normalized spacial score (nSPS) is 11.8. The van der Waals surface area contributed by atoms with Crippen LogP contribution < -0.4 is 0 Å². The predicted molar refractivity (Wildman–Crippen MR) is 256 cm³/mol. The fraction of sp³-hybridized carbons (Fsp3) is 0. The molecule has 0 N–H and O–H groups in total. The van der Waals surface area contributed by atoms with Gasteiger partial charge in [0.15, 0.2) is 17.5 Å². The molecule has 63 heavy (non-hydrogen) atoms. The smallest absolute Gasteiger partial charge is 0.164 e. The number of hydrogen-bond acceptors (Lipinski definition) is 5. The second kappa shape index (κ2) is 14.0. The predicted octanol–water partition coefficient (Wildman–Crippen LogP) is 15.1. The molecule has 0 unspecified atom stereocenters. The van der Waals surface area contributed by atoms with Crippen LogP contribution in [0.25, 0.3) is 128 Å². The van der Waals surface area contributed by atoms with Gasteiger partial charge < -0.3 is 13.4 Å². The lowest BCUT2D eigenvalue weighted by molar-refractivity contribution is 0.668. The zero-order chi connectivity index (χ0) is 41.4. The van der Waals surface area contributed by atoms with Gasteiger partial charge >= 0.3 is 0 Å². The van der Waals surface area contributed by atoms with Gasteiger partial charge in [-0.3, -0.25) is 0 Å². The third-order valence-corrected chi connectivity index (χ3v) is 12.3. The van der Waals surface area contributed by atoms with Crippen molar-refractivity contribution in [3.63, 3.8) is 0 Å². The van der Waals surface area contributed by atoms with Crippen LogP contribution in [0.1, 0.15) is 0 Å². The molecule has 0 bridgehead atoms. The fourth-order valence-electron chi connectivity index (χ4n) is 9.29. The number of fused-ring (bicyclic) bond motifs is 9. The molecule has 0 fully saturated rings. The summed E-state index contributed by atoms with van der Waals surface area (Å²) in [5.74, 6) is 1.70. The monoisotopic (exact) mass is 806 g/mol. The molecule has 0 saturated heterocycles. The van der Waals surface area contributed by atoms with Gasteiger partial charge in [-0.15, -0.1) is 0 Å². The number of para-hydroxylation sites is 2. The van der Waals surface area contributed by atoms with Gasteiger partial charge in [-0.25, -0.2) is 15.0 Å². The molecule has 0 atom stereocenters. The minimum atomic E-state index is 0.554. The van der Waals surface area contributed by atoms with E-state index in [2.05, 4.69) is 156 Å². The zero-order valence-electron chi connectivity index (χ0n) is 33.7. The van der Waals surface area contributed by atoms with Crippen molar-refractivity contribution in [3.8, 4) is 62.1 Å². The summed E-state index contributed by atoms with van der Waals surface area (Å²) in [6, 6.07) is 71.5. The number of aromatic nitrogens is 4. The van der Waals surface area contributed by atoms with E-state index in [1.54, 1.807) is 0 Å². The molecular formula is C57H34N4O2. The highest BCUT2D eigenvalue weighted by Crippen LogP contribution is 2.40. The Kier molecular flexibility index (Phi) is 7.80. The number of nitrogens with zero attached hydrogens (tertiary/aromatic N) is 4. The molecule has 294 valence electrons. The van der Waals surface area contributed by atoms with Gasteiger partial charge in [0.25, 0.3) is 0 Å². The van der Waals surface area contributed by atoms with Crippen molar-refractivity contribution in [3.05, 3.63) is 206 Å². The molecule has 6 heteroatoms. The van der Waals surface area contributed by atoms with Gasteiger partial charge in [0.05, 0.1) is 11.0 Å². The van der Waals surface area contributed by atoms with Gasteiger partial charge in [-0.05, 0) is 82.9 Å². The number of rotatable bonds is 6. The Hall–Kier alpha value is -8.61. The molecule has 0 saturated carbocycles. The van der Waals surface area contributed by atoms with E-state index in [9.17, 15) is 0 Å². The summed E-state index contributed by atoms with van der Waals surface area (Å²) in [5, 5.41) is 6.46. The highest BCUT2D eigenvalue weighted by Gasteiger charge is 2.20. The molecule has 0 aliphatic heterocycles. The van der Waals surface area contributed by atoms with Crippen LogP contribution in [-0.2, 0) is 0 Å². The van der Waals surface area contributed by atoms with E-state index in [1.165, 1.54) is 21.9 Å². The molecular weight excluding hydrogens is 773 g/mol. The van der Waals surface area contributed by atoms with E-state index in [1.807, 2.05) is 54.6 Å². The Balaban J connectivity index is 0.929. The van der Waals surface area contributed by atoms with Gasteiger partial charge in [0, 0.05) is 60.8 Å². The van der Waals surface area contributed by atoms with E-state index in [0.29, 0.717) is 17.5 Å². The fourth-order valence-corrected chi connectivity index (χ4v) is 9.29. The summed E-state index contributed by atoms with van der Waals surface area (Å²) >= 11 is 0. The Morgan fingerprint density at radius 2 is 0.873 bits per heavy atom. The zero-order valence-corrected chi connectivity index (χ0v) is 33.7. The van der Waals surface area contributed by atoms with Crippen molar-refractivity contribution in [1.82, 2.24) is 19.5 Å². The van der Waals surface area contributed by atoms with Crippen molar-refractivity contribution < 1.29 is 8.83 Å². The summed E-state index contributed by atoms with van der Waals surface area (Å²) < 4.78 is 15.5. The molecule has 9 aromatic carbocycles. The van der Waals surface area contributed by atoms with E-state index in [4.69, 9.17) is 23.8 Å². The molecule has 0 aliphatic rings. The Bertz CT molecular complexity index is 3870. The summed E-state index contributed by atoms with van der Waals surface area (Å²) in [7, 11) is 0. The molecule has 13 aromatic rings. The van der Waals surface area contributed by atoms with E-state index >= 15 is 0 Å². The topological polar surface area (TPSA) is 69.9 Å². The standard InChI is InChI=1S/C57H34N4O2/c1-3-13-35(14-4-1)37-17-11-18-38(31-37)39-26-30-50-47(32-39)44-28-25-40(33-52(44)62-50)56-58-55(36-15-5-2-6-16-36)59-57(60-56)46-21-12-24-51-54(46)45-29-27-41(34-53(45)63-51)61-48-22-9-7-19-42(48)43-20-8-10-23-49(43)61/h1-34H. The van der Waals surface area contributed by atoms with Crippen molar-refractivity contribution in [2.75, 3.05) is 0 Å². The summed E-state index contributed by atoms with van der Waals surface area (Å²) in [5.41, 5.74) is 13.7. The van der Waals surface area contributed by atoms with Crippen LogP contribution in [0.3, 0.4) is 0 Å². The first kappa shape index (κ1) is 35.2. The van der Waals surface area contributed by atoms with Crippen molar-refractivity contribution in [2.45, 2.75) is 0 Å². The van der Waals surface area contributed by atoms with E-state index in [-0.39, 0.29) is 0 Å². The van der Waals surface area contributed by atoms with Crippen molar-refractivity contribution in [2.24, 2.45) is 0 Å². The second-order valence-electron chi connectivity index (χ2n) is 16.0. The van der Waals surface area contributed by atoms with Gasteiger partial charge in [0.2, 0.25) is 0 Å². The van der Waals surface area contributed by atoms with Crippen molar-refractivity contribution >= 4 is 65.7 Å². The number of hydrogen-bond donors (Lipinski definition) is 0. The molecule has 0 amide bonds. The molecule has 0 aliphatic carbocycles. The average molecular weight is 807 g/mol. The molecule has 0 radical (unpaired) electrons. The third kappa shape index (κ3) is 5.76. The van der Waals surface area contributed by atoms with Crippen molar-refractivity contribution in [1.29, 1.82) is 0 Å². The minimum Gasteiger partial charge on any atom is -0.456 e. The largest absolute Gasteiger partial charge is 0.456 e. The molecule has 13 rings (SSSR count). The number of benzene rings is 9. The molecule has 4 aromatic heterocycles. The Labute approximate surface area is 361 Å². The lowest BCUT2D eigenvalue weighted by atomic mass is 9.98. The number of furan rings is 2.